The molecule has 2 N–H and O–H groups in total. The highest BCUT2D eigenvalue weighted by molar-refractivity contribution is 7.85. The zero-order valence-corrected chi connectivity index (χ0v) is 14.0. The van der Waals surface area contributed by atoms with Crippen molar-refractivity contribution in [2.75, 3.05) is 31.1 Å². The molecule has 1 saturated heterocycles. The van der Waals surface area contributed by atoms with Gasteiger partial charge >= 0.3 is 0 Å². The van der Waals surface area contributed by atoms with E-state index in [1.54, 1.807) is 6.08 Å². The summed E-state index contributed by atoms with van der Waals surface area (Å²) in [7, 11) is -0.693. The minimum absolute atomic E-state index is 0.107. The third-order valence-electron chi connectivity index (χ3n) is 4.28. The van der Waals surface area contributed by atoms with Crippen LogP contribution in [-0.4, -0.2) is 63.3 Å². The third-order valence-corrected chi connectivity index (χ3v) is 5.56. The van der Waals surface area contributed by atoms with Gasteiger partial charge in [0.2, 0.25) is 6.29 Å². The van der Waals surface area contributed by atoms with Gasteiger partial charge < -0.3 is 5.32 Å². The smallest absolute Gasteiger partial charge is 0.270 e. The second-order valence-electron chi connectivity index (χ2n) is 5.98. The van der Waals surface area contributed by atoms with Crippen molar-refractivity contribution in [3.05, 3.63) is 47.7 Å². The van der Waals surface area contributed by atoms with Crippen molar-refractivity contribution in [1.29, 1.82) is 0 Å². The molecular formula is C16H19N5O2S. The number of hydrogen-bond acceptors (Lipinski definition) is 6. The molecule has 1 atom stereocenters. The first-order valence-electron chi connectivity index (χ1n) is 7.96. The van der Waals surface area contributed by atoms with E-state index >= 15 is 0 Å². The third kappa shape index (κ3) is 3.07. The Kier molecular flexibility index (Phi) is 4.07. The first-order valence-corrected chi connectivity index (χ1v) is 9.45. The predicted molar refractivity (Wildman–Crippen MR) is 92.3 cm³/mol. The number of hydrazine groups is 1. The number of amidine groups is 1. The van der Waals surface area contributed by atoms with Crippen LogP contribution in [0.3, 0.4) is 0 Å². The van der Waals surface area contributed by atoms with Crippen LogP contribution in [0, 0.1) is 0 Å². The van der Waals surface area contributed by atoms with Crippen LogP contribution in [0.1, 0.15) is 5.56 Å². The normalized spacial score (nSPS) is 24.8. The van der Waals surface area contributed by atoms with Gasteiger partial charge in [-0.15, -0.1) is 0 Å². The molecule has 1 unspecified atom stereocenters. The number of nitrogens with zero attached hydrogens (tertiary/aromatic N) is 3. The fourth-order valence-electron chi connectivity index (χ4n) is 2.98. The van der Waals surface area contributed by atoms with Gasteiger partial charge in [-0.05, 0) is 0 Å². The maximum atomic E-state index is 12.4. The maximum absolute atomic E-state index is 12.4. The molecule has 7 nitrogen and oxygen atoms in total. The molecule has 0 bridgehead atoms. The number of amides is 1. The molecule has 0 aromatic heterocycles. The van der Waals surface area contributed by atoms with Gasteiger partial charge in [-0.3, -0.25) is 19.3 Å². The maximum Gasteiger partial charge on any atom is 0.270 e. The van der Waals surface area contributed by atoms with Crippen LogP contribution in [0.25, 0.3) is 0 Å². The van der Waals surface area contributed by atoms with Crippen molar-refractivity contribution in [2.45, 2.75) is 6.29 Å². The van der Waals surface area contributed by atoms with Crippen molar-refractivity contribution >= 4 is 22.5 Å². The zero-order chi connectivity index (χ0) is 16.5. The molecule has 0 spiro atoms. The molecule has 1 amide bonds. The zero-order valence-electron chi connectivity index (χ0n) is 13.1. The number of rotatable bonds is 3. The Bertz CT molecular complexity index is 723. The fourth-order valence-corrected chi connectivity index (χ4v) is 4.11. The number of carbonyl (C=O) groups excluding carboxylic acids is 1. The second kappa shape index (κ2) is 6.37. The summed E-state index contributed by atoms with van der Waals surface area (Å²) in [6, 6.07) is 9.74. The summed E-state index contributed by atoms with van der Waals surface area (Å²) in [5, 5.41) is 4.80. The van der Waals surface area contributed by atoms with E-state index in [9.17, 15) is 9.00 Å². The van der Waals surface area contributed by atoms with Crippen LogP contribution >= 0.6 is 0 Å². The van der Waals surface area contributed by atoms with Crippen LogP contribution in [0.4, 0.5) is 0 Å². The Balaban J connectivity index is 1.45. The summed E-state index contributed by atoms with van der Waals surface area (Å²) in [4.78, 5) is 19.2. The largest absolute Gasteiger partial charge is 0.347 e. The number of nitrogens with one attached hydrogen (secondary N) is 2. The molecule has 24 heavy (non-hydrogen) atoms. The number of benzene rings is 1. The molecule has 1 aromatic rings. The lowest BCUT2D eigenvalue weighted by Crippen LogP contribution is -2.54. The van der Waals surface area contributed by atoms with Crippen LogP contribution in [0.2, 0.25) is 0 Å². The highest BCUT2D eigenvalue weighted by Gasteiger charge is 2.34. The van der Waals surface area contributed by atoms with E-state index in [0.29, 0.717) is 23.9 Å². The fraction of sp³-hybridized carbons (Fsp3) is 0.375. The first-order chi connectivity index (χ1) is 11.7. The lowest BCUT2D eigenvalue weighted by atomic mass is 10.2. The van der Waals surface area contributed by atoms with Gasteiger partial charge in [0.25, 0.3) is 5.91 Å². The van der Waals surface area contributed by atoms with E-state index in [1.165, 1.54) is 5.01 Å². The number of hydrogen-bond donors (Lipinski definition) is 2. The summed E-state index contributed by atoms with van der Waals surface area (Å²) in [5.74, 6) is 1.98. The monoisotopic (exact) mass is 345 g/mol. The molecule has 0 saturated carbocycles. The molecule has 0 radical (unpaired) electrons. The van der Waals surface area contributed by atoms with Gasteiger partial charge in [0.1, 0.15) is 0 Å². The van der Waals surface area contributed by atoms with E-state index < -0.39 is 17.1 Å². The summed E-state index contributed by atoms with van der Waals surface area (Å²) in [6.45, 7) is 2.25. The van der Waals surface area contributed by atoms with Gasteiger partial charge in [-0.1, -0.05) is 30.3 Å². The summed E-state index contributed by atoms with van der Waals surface area (Å²) in [5.41, 5.74) is 4.86. The summed E-state index contributed by atoms with van der Waals surface area (Å²) >= 11 is 0. The Morgan fingerprint density at radius 1 is 1.21 bits per heavy atom. The van der Waals surface area contributed by atoms with Crippen LogP contribution in [0.5, 0.6) is 0 Å². The van der Waals surface area contributed by atoms with Gasteiger partial charge in [-0.25, -0.2) is 10.0 Å². The van der Waals surface area contributed by atoms with Crippen LogP contribution in [0.15, 0.2) is 47.1 Å². The van der Waals surface area contributed by atoms with Gasteiger partial charge in [-0.2, -0.15) is 0 Å². The van der Waals surface area contributed by atoms with Crippen molar-refractivity contribution in [1.82, 2.24) is 20.7 Å². The average molecular weight is 345 g/mol. The van der Waals surface area contributed by atoms with Gasteiger partial charge in [0.05, 0.1) is 0 Å². The second-order valence-corrected chi connectivity index (χ2v) is 7.67. The topological polar surface area (TPSA) is 77.0 Å². The molecular weight excluding hydrogens is 326 g/mol. The molecule has 4 rings (SSSR count). The van der Waals surface area contributed by atoms with Gasteiger partial charge in [0.15, 0.2) is 5.84 Å². The SMILES string of the molecule is O=C1C=C(CN2CCS(=O)CC2)NC2N=C(c3ccccc3)NN12. The van der Waals surface area contributed by atoms with Crippen molar-refractivity contribution < 1.29 is 9.00 Å². The van der Waals surface area contributed by atoms with Crippen LogP contribution in [-0.2, 0) is 15.6 Å². The molecule has 1 aromatic carbocycles. The predicted octanol–water partition coefficient (Wildman–Crippen LogP) is -0.385. The van der Waals surface area contributed by atoms with E-state index in [-0.39, 0.29) is 5.91 Å². The van der Waals surface area contributed by atoms with E-state index in [1.807, 2.05) is 30.3 Å². The Morgan fingerprint density at radius 2 is 1.96 bits per heavy atom. The Morgan fingerprint density at radius 3 is 2.71 bits per heavy atom. The number of aliphatic imine (C=N–C) groups is 1. The number of fused-ring (bicyclic) bond motifs is 1. The first kappa shape index (κ1) is 15.3. The van der Waals surface area contributed by atoms with Crippen molar-refractivity contribution in [3.8, 4) is 0 Å². The van der Waals surface area contributed by atoms with E-state index in [4.69, 9.17) is 0 Å². The van der Waals surface area contributed by atoms with Crippen LogP contribution < -0.4 is 10.7 Å². The molecule has 8 heteroatoms. The summed E-state index contributed by atoms with van der Waals surface area (Å²) < 4.78 is 11.4. The van der Waals surface area contributed by atoms with Crippen molar-refractivity contribution in [2.24, 2.45) is 4.99 Å². The summed E-state index contributed by atoms with van der Waals surface area (Å²) in [6.07, 6.45) is 1.19. The lowest BCUT2D eigenvalue weighted by Gasteiger charge is -2.32. The minimum atomic E-state index is -0.693. The molecule has 3 heterocycles. The molecule has 3 aliphatic rings. The lowest BCUT2D eigenvalue weighted by molar-refractivity contribution is -0.131. The Hall–Kier alpha value is -2.19. The standard InChI is InChI=1S/C16H19N5O2S/c22-14-10-13(11-20-6-8-24(23)9-7-20)17-16-18-15(19-21(14)16)12-4-2-1-3-5-12/h1-5,10,16-17H,6-9,11H2,(H,18,19). The average Bonchev–Trinajstić information content (AvgIpc) is 3.03. The molecule has 0 aliphatic carbocycles. The van der Waals surface area contributed by atoms with Gasteiger partial charge in [0, 0.05) is 59.3 Å². The number of carbonyl (C=O) groups is 1. The molecule has 126 valence electrons. The molecule has 3 aliphatic heterocycles. The highest BCUT2D eigenvalue weighted by atomic mass is 32.2. The quantitative estimate of drug-likeness (QED) is 0.781. The Labute approximate surface area is 142 Å². The van der Waals surface area contributed by atoms with E-state index in [0.717, 1.165) is 24.4 Å². The van der Waals surface area contributed by atoms with Crippen molar-refractivity contribution in [3.63, 3.8) is 0 Å². The molecule has 1 fully saturated rings. The minimum Gasteiger partial charge on any atom is -0.347 e. The van der Waals surface area contributed by atoms with E-state index in [2.05, 4.69) is 20.6 Å². The highest BCUT2D eigenvalue weighted by Crippen LogP contribution is 2.16.